The van der Waals surface area contributed by atoms with Crippen molar-refractivity contribution in [1.29, 1.82) is 0 Å². The van der Waals surface area contributed by atoms with Gasteiger partial charge in [-0.1, -0.05) is 26.0 Å². The molecular weight excluding hydrogens is 326 g/mol. The molecule has 0 spiro atoms. The molecule has 26 heavy (non-hydrogen) atoms. The summed E-state index contributed by atoms with van der Waals surface area (Å²) >= 11 is 0. The molecule has 3 rings (SSSR count). The van der Waals surface area contributed by atoms with Gasteiger partial charge in [-0.05, 0) is 30.0 Å². The third-order valence-electron chi connectivity index (χ3n) is 4.17. The maximum atomic E-state index is 6.22. The van der Waals surface area contributed by atoms with Crippen molar-refractivity contribution in [3.63, 3.8) is 0 Å². The van der Waals surface area contributed by atoms with Gasteiger partial charge in [0.25, 0.3) is 0 Å². The molecule has 7 heteroatoms. The van der Waals surface area contributed by atoms with Crippen LogP contribution in [0.3, 0.4) is 0 Å². The minimum absolute atomic E-state index is 0.506. The standard InChI is InChI=1S/C19H25N7/c1-14(2)15-4-6-16(7-5-15)25-19-17(20)18(23-12-24-19)22-8-3-10-26-11-9-21-13-26/h4-7,9,11-14H,3,8,10,20H2,1-2H3,(H2,22,23,24,25). The van der Waals surface area contributed by atoms with E-state index >= 15 is 0 Å². The van der Waals surface area contributed by atoms with Crippen molar-refractivity contribution in [2.24, 2.45) is 0 Å². The van der Waals surface area contributed by atoms with Gasteiger partial charge >= 0.3 is 0 Å². The fourth-order valence-corrected chi connectivity index (χ4v) is 2.61. The molecule has 136 valence electrons. The highest BCUT2D eigenvalue weighted by Crippen LogP contribution is 2.26. The van der Waals surface area contributed by atoms with Gasteiger partial charge in [0.05, 0.1) is 6.33 Å². The SMILES string of the molecule is CC(C)c1ccc(Nc2ncnc(NCCCn3ccnc3)c2N)cc1. The van der Waals surface area contributed by atoms with Crippen LogP contribution in [0.25, 0.3) is 0 Å². The van der Waals surface area contributed by atoms with E-state index in [2.05, 4.69) is 51.6 Å². The molecule has 2 aromatic heterocycles. The molecule has 0 atom stereocenters. The molecule has 0 aliphatic rings. The molecule has 0 bridgehead atoms. The topological polar surface area (TPSA) is 93.7 Å². The molecule has 4 N–H and O–H groups in total. The second kappa shape index (κ2) is 8.33. The summed E-state index contributed by atoms with van der Waals surface area (Å²) in [5, 5.41) is 6.54. The first kappa shape index (κ1) is 17.7. The molecule has 0 aliphatic carbocycles. The largest absolute Gasteiger partial charge is 0.393 e. The van der Waals surface area contributed by atoms with E-state index in [-0.39, 0.29) is 0 Å². The lowest BCUT2D eigenvalue weighted by Crippen LogP contribution is -2.10. The minimum Gasteiger partial charge on any atom is -0.393 e. The number of nitrogens with one attached hydrogen (secondary N) is 2. The molecule has 3 aromatic rings. The summed E-state index contributed by atoms with van der Waals surface area (Å²) in [5.74, 6) is 1.76. The summed E-state index contributed by atoms with van der Waals surface area (Å²) in [6.45, 7) is 6.01. The molecule has 0 unspecified atom stereocenters. The molecule has 0 saturated heterocycles. The molecule has 1 aromatic carbocycles. The number of imidazole rings is 1. The number of rotatable bonds is 8. The lowest BCUT2D eigenvalue weighted by molar-refractivity contribution is 0.660. The molecule has 0 fully saturated rings. The van der Waals surface area contributed by atoms with E-state index in [1.54, 1.807) is 6.20 Å². The second-order valence-electron chi connectivity index (χ2n) is 6.47. The summed E-state index contributed by atoms with van der Waals surface area (Å²) in [4.78, 5) is 12.5. The van der Waals surface area contributed by atoms with Gasteiger partial charge in [-0.3, -0.25) is 0 Å². The van der Waals surface area contributed by atoms with Crippen molar-refractivity contribution in [2.45, 2.75) is 32.7 Å². The Morgan fingerprint density at radius 1 is 1.12 bits per heavy atom. The fourth-order valence-electron chi connectivity index (χ4n) is 2.61. The highest BCUT2D eigenvalue weighted by atomic mass is 15.1. The minimum atomic E-state index is 0.506. The second-order valence-corrected chi connectivity index (χ2v) is 6.47. The van der Waals surface area contributed by atoms with Crippen LogP contribution in [-0.4, -0.2) is 26.1 Å². The highest BCUT2D eigenvalue weighted by molar-refractivity contribution is 5.77. The Balaban J connectivity index is 1.59. The number of hydrogen-bond acceptors (Lipinski definition) is 6. The number of aromatic nitrogens is 4. The lowest BCUT2D eigenvalue weighted by Gasteiger charge is -2.13. The third-order valence-corrected chi connectivity index (χ3v) is 4.17. The van der Waals surface area contributed by atoms with Gasteiger partial charge in [-0.2, -0.15) is 0 Å². The number of aryl methyl sites for hydroxylation is 1. The van der Waals surface area contributed by atoms with Gasteiger partial charge in [0.1, 0.15) is 12.0 Å². The van der Waals surface area contributed by atoms with E-state index in [0.29, 0.717) is 23.2 Å². The van der Waals surface area contributed by atoms with Crippen LogP contribution in [0.2, 0.25) is 0 Å². The average molecular weight is 351 g/mol. The number of benzene rings is 1. The van der Waals surface area contributed by atoms with E-state index in [0.717, 1.165) is 25.2 Å². The predicted octanol–water partition coefficient (Wildman–Crippen LogP) is 3.62. The monoisotopic (exact) mass is 351 g/mol. The summed E-state index contributed by atoms with van der Waals surface area (Å²) in [6, 6.07) is 8.30. The maximum absolute atomic E-state index is 6.22. The van der Waals surface area contributed by atoms with Crippen LogP contribution in [0.4, 0.5) is 23.0 Å². The first-order valence-corrected chi connectivity index (χ1v) is 8.80. The van der Waals surface area contributed by atoms with E-state index in [1.165, 1.54) is 11.9 Å². The Morgan fingerprint density at radius 3 is 2.58 bits per heavy atom. The lowest BCUT2D eigenvalue weighted by atomic mass is 10.0. The maximum Gasteiger partial charge on any atom is 0.159 e. The average Bonchev–Trinajstić information content (AvgIpc) is 3.15. The van der Waals surface area contributed by atoms with Crippen LogP contribution >= 0.6 is 0 Å². The van der Waals surface area contributed by atoms with Crippen LogP contribution in [-0.2, 0) is 6.54 Å². The van der Waals surface area contributed by atoms with Gasteiger partial charge < -0.3 is 20.9 Å². The zero-order valence-corrected chi connectivity index (χ0v) is 15.2. The zero-order chi connectivity index (χ0) is 18.4. The fraction of sp³-hybridized carbons (Fsp3) is 0.316. The molecule has 7 nitrogen and oxygen atoms in total. The Hall–Kier alpha value is -3.09. The Labute approximate surface area is 153 Å². The quantitative estimate of drug-likeness (QED) is 0.537. The van der Waals surface area contributed by atoms with Crippen LogP contribution in [0.15, 0.2) is 49.3 Å². The number of nitrogen functional groups attached to an aromatic ring is 1. The van der Waals surface area contributed by atoms with E-state index in [9.17, 15) is 0 Å². The Bertz CT molecular complexity index is 810. The van der Waals surface area contributed by atoms with Crippen molar-refractivity contribution in [3.8, 4) is 0 Å². The van der Waals surface area contributed by atoms with E-state index in [1.807, 2.05) is 29.2 Å². The molecule has 0 amide bonds. The highest BCUT2D eigenvalue weighted by Gasteiger charge is 2.08. The number of nitrogens with zero attached hydrogens (tertiary/aromatic N) is 4. The van der Waals surface area contributed by atoms with Crippen LogP contribution < -0.4 is 16.4 Å². The van der Waals surface area contributed by atoms with Crippen LogP contribution in [0, 0.1) is 0 Å². The number of nitrogens with two attached hydrogens (primary N) is 1. The van der Waals surface area contributed by atoms with Crippen molar-refractivity contribution < 1.29 is 0 Å². The summed E-state index contributed by atoms with van der Waals surface area (Å²) in [5.41, 5.74) is 8.99. The van der Waals surface area contributed by atoms with E-state index < -0.39 is 0 Å². The first-order chi connectivity index (χ1) is 12.6. The van der Waals surface area contributed by atoms with Crippen LogP contribution in [0.1, 0.15) is 31.7 Å². The van der Waals surface area contributed by atoms with Gasteiger partial charge in [-0.15, -0.1) is 0 Å². The third kappa shape index (κ3) is 4.50. The summed E-state index contributed by atoms with van der Waals surface area (Å²) < 4.78 is 2.04. The Kier molecular flexibility index (Phi) is 5.68. The predicted molar refractivity (Wildman–Crippen MR) is 106 cm³/mol. The van der Waals surface area contributed by atoms with Crippen molar-refractivity contribution >= 4 is 23.0 Å². The van der Waals surface area contributed by atoms with Gasteiger partial charge in [0.2, 0.25) is 0 Å². The molecule has 0 aliphatic heterocycles. The molecule has 0 saturated carbocycles. The Morgan fingerprint density at radius 2 is 1.88 bits per heavy atom. The summed E-state index contributed by atoms with van der Waals surface area (Å²) in [6.07, 6.45) is 8.00. The van der Waals surface area contributed by atoms with Gasteiger partial charge in [-0.25, -0.2) is 15.0 Å². The molecule has 2 heterocycles. The van der Waals surface area contributed by atoms with Crippen molar-refractivity contribution in [3.05, 3.63) is 54.9 Å². The van der Waals surface area contributed by atoms with Crippen molar-refractivity contribution in [1.82, 2.24) is 19.5 Å². The number of hydrogen-bond donors (Lipinski definition) is 3. The summed E-state index contributed by atoms with van der Waals surface area (Å²) in [7, 11) is 0. The normalized spacial score (nSPS) is 10.9. The van der Waals surface area contributed by atoms with Gasteiger partial charge in [0, 0.05) is 31.2 Å². The molecular formula is C19H25N7. The van der Waals surface area contributed by atoms with Crippen molar-refractivity contribution in [2.75, 3.05) is 22.9 Å². The van der Waals surface area contributed by atoms with Crippen LogP contribution in [0.5, 0.6) is 0 Å². The van der Waals surface area contributed by atoms with E-state index in [4.69, 9.17) is 5.73 Å². The zero-order valence-electron chi connectivity index (χ0n) is 15.2. The number of anilines is 4. The van der Waals surface area contributed by atoms with Gasteiger partial charge in [0.15, 0.2) is 11.6 Å². The molecule has 0 radical (unpaired) electrons. The first-order valence-electron chi connectivity index (χ1n) is 8.80. The smallest absolute Gasteiger partial charge is 0.159 e.